The second kappa shape index (κ2) is 6.23. The normalized spacial score (nSPS) is 31.2. The fourth-order valence-electron chi connectivity index (χ4n) is 3.62. The Morgan fingerprint density at radius 3 is 2.37 bits per heavy atom. The van der Waals surface area contributed by atoms with Gasteiger partial charge in [-0.3, -0.25) is 4.79 Å². The van der Waals surface area contributed by atoms with E-state index in [1.165, 1.54) is 25.7 Å². The molecule has 110 valence electrons. The molecule has 0 aromatic carbocycles. The van der Waals surface area contributed by atoms with Gasteiger partial charge in [-0.25, -0.2) is 0 Å². The van der Waals surface area contributed by atoms with Crippen molar-refractivity contribution in [1.29, 1.82) is 0 Å². The number of carbonyl (C=O) groups excluding carboxylic acids is 1. The summed E-state index contributed by atoms with van der Waals surface area (Å²) in [6, 6.07) is 0.739. The highest BCUT2D eigenvalue weighted by Gasteiger charge is 2.38. The van der Waals surface area contributed by atoms with E-state index in [2.05, 4.69) is 24.3 Å². The lowest BCUT2D eigenvalue weighted by Crippen LogP contribution is -2.60. The van der Waals surface area contributed by atoms with Crippen molar-refractivity contribution >= 4 is 5.91 Å². The summed E-state index contributed by atoms with van der Waals surface area (Å²) in [5.74, 6) is 0.0888. The maximum Gasteiger partial charge on any atom is 0.240 e. The van der Waals surface area contributed by atoms with Gasteiger partial charge in [-0.05, 0) is 39.8 Å². The number of hydrogen-bond donors (Lipinski definition) is 2. The molecule has 0 aromatic heterocycles. The molecule has 19 heavy (non-hydrogen) atoms. The molecule has 2 aliphatic carbocycles. The van der Waals surface area contributed by atoms with Crippen LogP contribution in [0.3, 0.4) is 0 Å². The number of nitrogens with zero attached hydrogens (tertiary/aromatic N) is 1. The van der Waals surface area contributed by atoms with Gasteiger partial charge in [0, 0.05) is 12.1 Å². The molecule has 0 aliphatic heterocycles. The maximum absolute atomic E-state index is 12.5. The fraction of sp³-hybridized carbons (Fsp3) is 0.933. The van der Waals surface area contributed by atoms with E-state index in [1.54, 1.807) is 0 Å². The Bertz CT molecular complexity index is 311. The third-order valence-electron chi connectivity index (χ3n) is 4.91. The Labute approximate surface area is 117 Å². The number of nitrogens with two attached hydrogens (primary N) is 1. The average Bonchev–Trinajstić information content (AvgIpc) is 2.40. The van der Waals surface area contributed by atoms with Crippen LogP contribution in [0.25, 0.3) is 0 Å². The molecule has 0 unspecified atom stereocenters. The first kappa shape index (κ1) is 14.8. The van der Waals surface area contributed by atoms with Crippen LogP contribution in [0.4, 0.5) is 0 Å². The largest absolute Gasteiger partial charge is 0.350 e. The van der Waals surface area contributed by atoms with E-state index in [0.717, 1.165) is 32.1 Å². The third-order valence-corrected chi connectivity index (χ3v) is 4.91. The van der Waals surface area contributed by atoms with Gasteiger partial charge in [-0.1, -0.05) is 32.1 Å². The Balaban J connectivity index is 1.96. The van der Waals surface area contributed by atoms with Gasteiger partial charge >= 0.3 is 0 Å². The summed E-state index contributed by atoms with van der Waals surface area (Å²) >= 11 is 0. The number of rotatable bonds is 3. The van der Waals surface area contributed by atoms with E-state index in [4.69, 9.17) is 5.73 Å². The molecule has 4 heteroatoms. The molecule has 2 fully saturated rings. The molecule has 0 radical (unpaired) electrons. The van der Waals surface area contributed by atoms with Crippen molar-refractivity contribution in [2.45, 2.75) is 75.4 Å². The van der Waals surface area contributed by atoms with Crippen molar-refractivity contribution in [3.63, 3.8) is 0 Å². The molecule has 0 bridgehead atoms. The molecule has 0 heterocycles. The predicted octanol–water partition coefficient (Wildman–Crippen LogP) is 1.64. The second-order valence-corrected chi connectivity index (χ2v) is 6.61. The SMILES string of the molecule is CN(C)[C@@H]1CCCC[C@@H]1NC(=O)C1(N)CCCCC1. The smallest absolute Gasteiger partial charge is 0.240 e. The summed E-state index contributed by atoms with van der Waals surface area (Å²) < 4.78 is 0. The minimum atomic E-state index is -0.605. The lowest BCUT2D eigenvalue weighted by Gasteiger charge is -2.39. The maximum atomic E-state index is 12.5. The standard InChI is InChI=1S/C15H29N3O/c1-18(2)13-9-5-4-8-12(13)17-14(19)15(16)10-6-3-7-11-15/h12-13H,3-11,16H2,1-2H3,(H,17,19)/t12-,13+/m0/s1. The van der Waals surface area contributed by atoms with Crippen molar-refractivity contribution in [2.75, 3.05) is 14.1 Å². The first-order valence-corrected chi connectivity index (χ1v) is 7.79. The van der Waals surface area contributed by atoms with Gasteiger partial charge in [0.1, 0.15) is 0 Å². The van der Waals surface area contributed by atoms with E-state index in [1.807, 2.05) is 0 Å². The van der Waals surface area contributed by atoms with Crippen molar-refractivity contribution < 1.29 is 4.79 Å². The molecule has 2 aliphatic rings. The molecule has 2 atom stereocenters. The van der Waals surface area contributed by atoms with Gasteiger partial charge < -0.3 is 16.0 Å². The lowest BCUT2D eigenvalue weighted by atomic mass is 9.81. The van der Waals surface area contributed by atoms with Crippen LogP contribution in [0, 0.1) is 0 Å². The summed E-state index contributed by atoms with van der Waals surface area (Å²) in [4.78, 5) is 14.7. The van der Waals surface area contributed by atoms with Crippen LogP contribution in [0.5, 0.6) is 0 Å². The molecule has 1 amide bonds. The van der Waals surface area contributed by atoms with Crippen molar-refractivity contribution in [1.82, 2.24) is 10.2 Å². The van der Waals surface area contributed by atoms with Crippen LogP contribution >= 0.6 is 0 Å². The zero-order valence-corrected chi connectivity index (χ0v) is 12.5. The Morgan fingerprint density at radius 2 is 1.74 bits per heavy atom. The van der Waals surface area contributed by atoms with E-state index in [9.17, 15) is 4.79 Å². The van der Waals surface area contributed by atoms with E-state index < -0.39 is 5.54 Å². The van der Waals surface area contributed by atoms with Gasteiger partial charge in [0.25, 0.3) is 0 Å². The second-order valence-electron chi connectivity index (χ2n) is 6.61. The van der Waals surface area contributed by atoms with Crippen LogP contribution in [-0.4, -0.2) is 42.5 Å². The Kier molecular flexibility index (Phi) is 4.85. The monoisotopic (exact) mass is 267 g/mol. The van der Waals surface area contributed by atoms with Gasteiger partial charge in [-0.15, -0.1) is 0 Å². The molecular weight excluding hydrogens is 238 g/mol. The van der Waals surface area contributed by atoms with Crippen molar-refractivity contribution in [2.24, 2.45) is 5.73 Å². The van der Waals surface area contributed by atoms with Crippen LogP contribution in [0.2, 0.25) is 0 Å². The van der Waals surface area contributed by atoms with Crippen LogP contribution < -0.4 is 11.1 Å². The first-order valence-electron chi connectivity index (χ1n) is 7.79. The molecule has 3 N–H and O–H groups in total. The van der Waals surface area contributed by atoms with Gasteiger partial charge in [0.2, 0.25) is 5.91 Å². The molecule has 0 saturated heterocycles. The molecular formula is C15H29N3O. The topological polar surface area (TPSA) is 58.4 Å². The van der Waals surface area contributed by atoms with Crippen molar-refractivity contribution in [3.05, 3.63) is 0 Å². The van der Waals surface area contributed by atoms with Crippen LogP contribution in [0.1, 0.15) is 57.8 Å². The zero-order chi connectivity index (χ0) is 13.9. The highest BCUT2D eigenvalue weighted by molar-refractivity contribution is 5.86. The van der Waals surface area contributed by atoms with Crippen LogP contribution in [0.15, 0.2) is 0 Å². The minimum Gasteiger partial charge on any atom is -0.350 e. The quantitative estimate of drug-likeness (QED) is 0.817. The summed E-state index contributed by atoms with van der Waals surface area (Å²) in [5.41, 5.74) is 5.71. The first-order chi connectivity index (χ1) is 9.03. The number of amides is 1. The highest BCUT2D eigenvalue weighted by Crippen LogP contribution is 2.27. The lowest BCUT2D eigenvalue weighted by molar-refractivity contribution is -0.129. The van der Waals surface area contributed by atoms with Gasteiger partial charge in [-0.2, -0.15) is 0 Å². The van der Waals surface area contributed by atoms with Gasteiger partial charge in [0.15, 0.2) is 0 Å². The molecule has 0 spiro atoms. The fourth-order valence-corrected chi connectivity index (χ4v) is 3.62. The van der Waals surface area contributed by atoms with Crippen molar-refractivity contribution in [3.8, 4) is 0 Å². The molecule has 4 nitrogen and oxygen atoms in total. The highest BCUT2D eigenvalue weighted by atomic mass is 16.2. The van der Waals surface area contributed by atoms with Gasteiger partial charge in [0.05, 0.1) is 5.54 Å². The van der Waals surface area contributed by atoms with Crippen LogP contribution in [-0.2, 0) is 4.79 Å². The summed E-state index contributed by atoms with van der Waals surface area (Å²) in [6.45, 7) is 0. The average molecular weight is 267 g/mol. The van der Waals surface area contributed by atoms with E-state index >= 15 is 0 Å². The number of nitrogens with one attached hydrogen (secondary N) is 1. The number of likely N-dealkylation sites (N-methyl/N-ethyl adjacent to an activating group) is 1. The number of carbonyl (C=O) groups is 1. The Hall–Kier alpha value is -0.610. The summed E-state index contributed by atoms with van der Waals surface area (Å²) in [5, 5.41) is 3.25. The molecule has 2 rings (SSSR count). The molecule has 2 saturated carbocycles. The number of hydrogen-bond acceptors (Lipinski definition) is 3. The van der Waals surface area contributed by atoms with E-state index in [0.29, 0.717) is 6.04 Å². The van der Waals surface area contributed by atoms with E-state index in [-0.39, 0.29) is 11.9 Å². The Morgan fingerprint density at radius 1 is 1.11 bits per heavy atom. The zero-order valence-electron chi connectivity index (χ0n) is 12.5. The summed E-state index contributed by atoms with van der Waals surface area (Å²) in [6.07, 6.45) is 9.83. The molecule has 0 aromatic rings. The summed E-state index contributed by atoms with van der Waals surface area (Å²) in [7, 11) is 4.21. The minimum absolute atomic E-state index is 0.0888. The third kappa shape index (κ3) is 3.48. The predicted molar refractivity (Wildman–Crippen MR) is 77.9 cm³/mol.